The topological polar surface area (TPSA) is 9.23 Å². The minimum atomic E-state index is 0.752. The Kier molecular flexibility index (Phi) is 6.69. The fraction of sp³-hybridized carbons (Fsp3) is 0.500. The monoisotopic (exact) mass is 244 g/mol. The molecule has 1 aromatic rings. The van der Waals surface area contributed by atoms with Crippen molar-refractivity contribution in [2.24, 2.45) is 0 Å². The summed E-state index contributed by atoms with van der Waals surface area (Å²) in [6.45, 7) is 0.787. The van der Waals surface area contributed by atoms with E-state index in [4.69, 9.17) is 16.3 Å². The van der Waals surface area contributed by atoms with Crippen molar-refractivity contribution in [1.82, 2.24) is 0 Å². The summed E-state index contributed by atoms with van der Waals surface area (Å²) in [7, 11) is 0. The van der Waals surface area contributed by atoms with Gasteiger partial charge in [-0.3, -0.25) is 0 Å². The van der Waals surface area contributed by atoms with E-state index in [2.05, 4.69) is 18.4 Å². The molecule has 0 unspecified atom stereocenters. The molecule has 3 heteroatoms. The van der Waals surface area contributed by atoms with E-state index in [0.29, 0.717) is 0 Å². The Balaban J connectivity index is 2.20. The van der Waals surface area contributed by atoms with Crippen LogP contribution in [0.5, 0.6) is 5.75 Å². The third kappa shape index (κ3) is 5.33. The molecule has 0 spiro atoms. The molecule has 0 radical (unpaired) electrons. The number of thioether (sulfide) groups is 1. The molecular formula is C12H17ClOS. The predicted molar refractivity (Wildman–Crippen MR) is 68.3 cm³/mol. The van der Waals surface area contributed by atoms with Crippen LogP contribution in [0.3, 0.4) is 0 Å². The van der Waals surface area contributed by atoms with Crippen molar-refractivity contribution in [3.05, 3.63) is 24.3 Å². The second-order valence-electron chi connectivity index (χ2n) is 3.27. The van der Waals surface area contributed by atoms with Gasteiger partial charge in [0.05, 0.1) is 6.61 Å². The average molecular weight is 245 g/mol. The molecule has 0 saturated carbocycles. The van der Waals surface area contributed by atoms with Gasteiger partial charge in [0, 0.05) is 10.8 Å². The normalized spacial score (nSPS) is 10.3. The number of hydrogen-bond acceptors (Lipinski definition) is 2. The van der Waals surface area contributed by atoms with Crippen molar-refractivity contribution in [3.8, 4) is 5.75 Å². The predicted octanol–water partition coefficient (Wildman–Crippen LogP) is 4.20. The van der Waals surface area contributed by atoms with Crippen LogP contribution in [0.25, 0.3) is 0 Å². The van der Waals surface area contributed by atoms with Crippen LogP contribution in [0.4, 0.5) is 0 Å². The van der Waals surface area contributed by atoms with Crippen molar-refractivity contribution in [1.29, 1.82) is 0 Å². The van der Waals surface area contributed by atoms with Gasteiger partial charge < -0.3 is 4.74 Å². The average Bonchev–Trinajstić information content (AvgIpc) is 2.30. The molecule has 0 aliphatic heterocycles. The highest BCUT2D eigenvalue weighted by Gasteiger charge is 1.94. The van der Waals surface area contributed by atoms with Gasteiger partial charge in [0.25, 0.3) is 0 Å². The highest BCUT2D eigenvalue weighted by molar-refractivity contribution is 7.98. The van der Waals surface area contributed by atoms with Crippen LogP contribution in [-0.2, 0) is 0 Å². The van der Waals surface area contributed by atoms with Crippen molar-refractivity contribution < 1.29 is 4.74 Å². The van der Waals surface area contributed by atoms with Gasteiger partial charge in [-0.1, -0.05) is 0 Å². The SMILES string of the molecule is CSc1ccc(OCCCCCCl)cc1. The van der Waals surface area contributed by atoms with Crippen molar-refractivity contribution >= 4 is 23.4 Å². The van der Waals surface area contributed by atoms with Crippen LogP contribution in [0.1, 0.15) is 19.3 Å². The van der Waals surface area contributed by atoms with Gasteiger partial charge >= 0.3 is 0 Å². The molecule has 0 atom stereocenters. The standard InChI is InChI=1S/C12H17ClOS/c1-15-12-7-5-11(6-8-12)14-10-4-2-3-9-13/h5-8H,2-4,9-10H2,1H3. The van der Waals surface area contributed by atoms with E-state index >= 15 is 0 Å². The van der Waals surface area contributed by atoms with Crippen LogP contribution >= 0.6 is 23.4 Å². The Morgan fingerprint density at radius 3 is 2.47 bits per heavy atom. The first-order valence-corrected chi connectivity index (χ1v) is 6.95. The quantitative estimate of drug-likeness (QED) is 0.404. The van der Waals surface area contributed by atoms with Gasteiger partial charge in [0.1, 0.15) is 5.75 Å². The summed E-state index contributed by atoms with van der Waals surface area (Å²) in [5.41, 5.74) is 0. The third-order valence-electron chi connectivity index (χ3n) is 2.11. The zero-order valence-corrected chi connectivity index (χ0v) is 10.6. The molecule has 1 aromatic carbocycles. The van der Waals surface area contributed by atoms with Gasteiger partial charge in [-0.05, 0) is 49.8 Å². The number of unbranched alkanes of at least 4 members (excludes halogenated alkanes) is 2. The first-order valence-electron chi connectivity index (χ1n) is 5.19. The first-order chi connectivity index (χ1) is 7.36. The fourth-order valence-corrected chi connectivity index (χ4v) is 1.83. The zero-order valence-electron chi connectivity index (χ0n) is 9.04. The smallest absolute Gasteiger partial charge is 0.119 e. The Morgan fingerprint density at radius 1 is 1.13 bits per heavy atom. The summed E-state index contributed by atoms with van der Waals surface area (Å²) in [5.74, 6) is 1.71. The largest absolute Gasteiger partial charge is 0.494 e. The summed E-state index contributed by atoms with van der Waals surface area (Å²) in [4.78, 5) is 1.27. The number of benzene rings is 1. The van der Waals surface area contributed by atoms with Crippen molar-refractivity contribution in [3.63, 3.8) is 0 Å². The Bertz CT molecular complexity index is 261. The van der Waals surface area contributed by atoms with Gasteiger partial charge in [-0.2, -0.15) is 0 Å². The summed E-state index contributed by atoms with van der Waals surface area (Å²) in [5, 5.41) is 0. The van der Waals surface area contributed by atoms with Crippen LogP contribution in [0.2, 0.25) is 0 Å². The van der Waals surface area contributed by atoms with Crippen LogP contribution in [0.15, 0.2) is 29.2 Å². The molecule has 0 amide bonds. The maximum absolute atomic E-state index is 5.60. The van der Waals surface area contributed by atoms with Gasteiger partial charge in [-0.15, -0.1) is 23.4 Å². The molecular weight excluding hydrogens is 228 g/mol. The molecule has 0 aliphatic rings. The molecule has 0 saturated heterocycles. The lowest BCUT2D eigenvalue weighted by Gasteiger charge is -2.05. The summed E-state index contributed by atoms with van der Waals surface area (Å²) >= 11 is 7.33. The summed E-state index contributed by atoms with van der Waals surface area (Å²) < 4.78 is 5.60. The second kappa shape index (κ2) is 7.89. The molecule has 0 bridgehead atoms. The van der Waals surface area contributed by atoms with Crippen LogP contribution in [0, 0.1) is 0 Å². The van der Waals surface area contributed by atoms with E-state index in [1.54, 1.807) is 11.8 Å². The van der Waals surface area contributed by atoms with Crippen molar-refractivity contribution in [2.45, 2.75) is 24.2 Å². The van der Waals surface area contributed by atoms with E-state index in [-0.39, 0.29) is 0 Å². The van der Waals surface area contributed by atoms with Gasteiger partial charge in [0.15, 0.2) is 0 Å². The number of rotatable bonds is 7. The molecule has 1 rings (SSSR count). The lowest BCUT2D eigenvalue weighted by atomic mass is 10.3. The molecule has 0 N–H and O–H groups in total. The summed E-state index contributed by atoms with van der Waals surface area (Å²) in [6.07, 6.45) is 5.38. The number of halogens is 1. The Hall–Kier alpha value is -0.340. The molecule has 0 aromatic heterocycles. The minimum absolute atomic E-state index is 0.752. The zero-order chi connectivity index (χ0) is 10.9. The third-order valence-corrected chi connectivity index (χ3v) is 3.12. The summed E-state index contributed by atoms with van der Waals surface area (Å²) in [6, 6.07) is 8.21. The van der Waals surface area contributed by atoms with E-state index < -0.39 is 0 Å². The van der Waals surface area contributed by atoms with Crippen molar-refractivity contribution in [2.75, 3.05) is 18.7 Å². The van der Waals surface area contributed by atoms with Crippen LogP contribution in [-0.4, -0.2) is 18.7 Å². The lowest BCUT2D eigenvalue weighted by Crippen LogP contribution is -1.97. The molecule has 15 heavy (non-hydrogen) atoms. The maximum atomic E-state index is 5.60. The van der Waals surface area contributed by atoms with Gasteiger partial charge in [0.2, 0.25) is 0 Å². The lowest BCUT2D eigenvalue weighted by molar-refractivity contribution is 0.306. The Labute approximate surface area is 101 Å². The van der Waals surface area contributed by atoms with E-state index in [1.807, 2.05) is 12.1 Å². The first kappa shape index (κ1) is 12.7. The number of hydrogen-bond donors (Lipinski definition) is 0. The van der Waals surface area contributed by atoms with Crippen LogP contribution < -0.4 is 4.74 Å². The molecule has 0 aliphatic carbocycles. The number of ether oxygens (including phenoxy) is 1. The second-order valence-corrected chi connectivity index (χ2v) is 4.53. The Morgan fingerprint density at radius 2 is 1.87 bits per heavy atom. The maximum Gasteiger partial charge on any atom is 0.119 e. The van der Waals surface area contributed by atoms with E-state index in [9.17, 15) is 0 Å². The molecule has 0 fully saturated rings. The molecule has 0 heterocycles. The van der Waals surface area contributed by atoms with Gasteiger partial charge in [-0.25, -0.2) is 0 Å². The van der Waals surface area contributed by atoms with E-state index in [0.717, 1.165) is 37.5 Å². The highest BCUT2D eigenvalue weighted by atomic mass is 35.5. The van der Waals surface area contributed by atoms with E-state index in [1.165, 1.54) is 4.90 Å². The minimum Gasteiger partial charge on any atom is -0.494 e. The fourth-order valence-electron chi connectivity index (χ4n) is 1.24. The highest BCUT2D eigenvalue weighted by Crippen LogP contribution is 2.19. The molecule has 84 valence electrons. The number of alkyl halides is 1. The molecule has 1 nitrogen and oxygen atoms in total.